The number of nitrogens with zero attached hydrogens (tertiary/aromatic N) is 3. The number of benzene rings is 2. The van der Waals surface area contributed by atoms with E-state index in [1.165, 1.54) is 6.33 Å². The molecule has 5 nitrogen and oxygen atoms in total. The number of hydrogen-bond donors (Lipinski definition) is 1. The number of anilines is 1. The predicted molar refractivity (Wildman–Crippen MR) is 99.2 cm³/mol. The predicted octanol–water partition coefficient (Wildman–Crippen LogP) is 3.95. The molecule has 0 radical (unpaired) electrons. The number of fused-ring (bicyclic) bond motifs is 1. The van der Waals surface area contributed by atoms with E-state index < -0.39 is 0 Å². The lowest BCUT2D eigenvalue weighted by atomic mass is 9.97. The highest BCUT2D eigenvalue weighted by atomic mass is 16.5. The molecule has 0 saturated heterocycles. The smallest absolute Gasteiger partial charge is 0.134 e. The topological polar surface area (TPSA) is 73.9 Å². The molecule has 0 unspecified atom stereocenters. The minimum atomic E-state index is 0.467. The van der Waals surface area contributed by atoms with E-state index in [-0.39, 0.29) is 0 Å². The van der Waals surface area contributed by atoms with Crippen LogP contribution in [0.5, 0.6) is 5.75 Å². The van der Waals surface area contributed by atoms with Crippen LogP contribution in [0.15, 0.2) is 67.1 Å². The van der Waals surface area contributed by atoms with Crippen molar-refractivity contribution in [2.75, 3.05) is 12.8 Å². The number of rotatable bonds is 3. The highest BCUT2D eigenvalue weighted by Crippen LogP contribution is 2.36. The van der Waals surface area contributed by atoms with Gasteiger partial charge in [0.05, 0.1) is 18.3 Å². The molecule has 0 saturated carbocycles. The van der Waals surface area contributed by atoms with E-state index in [4.69, 9.17) is 10.5 Å². The molecule has 0 amide bonds. The Balaban J connectivity index is 1.94. The Bertz CT molecular complexity index is 1060. The van der Waals surface area contributed by atoms with Crippen LogP contribution in [-0.2, 0) is 0 Å². The van der Waals surface area contributed by atoms with Gasteiger partial charge in [-0.2, -0.15) is 0 Å². The van der Waals surface area contributed by atoms with Crippen LogP contribution in [0.1, 0.15) is 0 Å². The minimum absolute atomic E-state index is 0.467. The zero-order chi connectivity index (χ0) is 17.2. The zero-order valence-corrected chi connectivity index (χ0v) is 13.7. The van der Waals surface area contributed by atoms with E-state index in [2.05, 4.69) is 15.0 Å². The van der Waals surface area contributed by atoms with E-state index in [0.29, 0.717) is 5.82 Å². The first kappa shape index (κ1) is 15.1. The van der Waals surface area contributed by atoms with Gasteiger partial charge in [-0.15, -0.1) is 0 Å². The van der Waals surface area contributed by atoms with Crippen molar-refractivity contribution in [1.29, 1.82) is 0 Å². The lowest BCUT2D eigenvalue weighted by molar-refractivity contribution is 0.416. The fourth-order valence-electron chi connectivity index (χ4n) is 2.94. The summed E-state index contributed by atoms with van der Waals surface area (Å²) < 4.78 is 5.50. The molecule has 0 atom stereocenters. The van der Waals surface area contributed by atoms with Gasteiger partial charge in [0, 0.05) is 22.7 Å². The average molecular weight is 328 g/mol. The third-order valence-corrected chi connectivity index (χ3v) is 4.15. The normalized spacial score (nSPS) is 10.8. The molecule has 0 fully saturated rings. The number of nitrogen functional groups attached to an aromatic ring is 1. The van der Waals surface area contributed by atoms with Crippen LogP contribution in [0.2, 0.25) is 0 Å². The second-order valence-corrected chi connectivity index (χ2v) is 5.59. The van der Waals surface area contributed by atoms with Gasteiger partial charge < -0.3 is 10.5 Å². The molecular weight excluding hydrogens is 312 g/mol. The number of nitrogens with two attached hydrogens (primary N) is 1. The van der Waals surface area contributed by atoms with E-state index >= 15 is 0 Å². The number of aromatic nitrogens is 3. The first-order chi connectivity index (χ1) is 12.3. The van der Waals surface area contributed by atoms with E-state index in [1.54, 1.807) is 13.3 Å². The third kappa shape index (κ3) is 2.65. The molecule has 2 aromatic carbocycles. The highest BCUT2D eigenvalue weighted by Gasteiger charge is 2.13. The highest BCUT2D eigenvalue weighted by molar-refractivity contribution is 5.93. The molecule has 0 aliphatic rings. The van der Waals surface area contributed by atoms with Crippen molar-refractivity contribution in [2.45, 2.75) is 0 Å². The number of hydrogen-bond acceptors (Lipinski definition) is 5. The minimum Gasteiger partial charge on any atom is -0.496 e. The van der Waals surface area contributed by atoms with Gasteiger partial charge in [0.1, 0.15) is 17.9 Å². The van der Waals surface area contributed by atoms with Gasteiger partial charge >= 0.3 is 0 Å². The van der Waals surface area contributed by atoms with Crippen LogP contribution in [0.25, 0.3) is 33.3 Å². The lowest BCUT2D eigenvalue weighted by Gasteiger charge is -2.13. The van der Waals surface area contributed by atoms with Crippen molar-refractivity contribution in [3.8, 4) is 28.1 Å². The molecule has 2 N–H and O–H groups in total. The van der Waals surface area contributed by atoms with E-state index in [9.17, 15) is 0 Å². The van der Waals surface area contributed by atoms with Gasteiger partial charge in [0.2, 0.25) is 0 Å². The van der Waals surface area contributed by atoms with Crippen LogP contribution < -0.4 is 10.5 Å². The van der Waals surface area contributed by atoms with Crippen molar-refractivity contribution in [1.82, 2.24) is 15.0 Å². The molecule has 0 spiro atoms. The molecule has 0 bridgehead atoms. The molecule has 122 valence electrons. The van der Waals surface area contributed by atoms with Gasteiger partial charge in [0.15, 0.2) is 0 Å². The Morgan fingerprint density at radius 1 is 0.880 bits per heavy atom. The molecule has 2 heterocycles. The van der Waals surface area contributed by atoms with E-state index in [0.717, 1.165) is 39.0 Å². The van der Waals surface area contributed by atoms with Crippen molar-refractivity contribution in [2.24, 2.45) is 0 Å². The first-order valence-electron chi connectivity index (χ1n) is 7.87. The molecule has 2 aromatic heterocycles. The van der Waals surface area contributed by atoms with Crippen LogP contribution >= 0.6 is 0 Å². The second-order valence-electron chi connectivity index (χ2n) is 5.59. The summed E-state index contributed by atoms with van der Waals surface area (Å²) in [7, 11) is 1.66. The molecule has 5 heteroatoms. The van der Waals surface area contributed by atoms with Crippen LogP contribution in [-0.4, -0.2) is 22.1 Å². The van der Waals surface area contributed by atoms with Gasteiger partial charge in [-0.05, 0) is 35.9 Å². The van der Waals surface area contributed by atoms with Gasteiger partial charge in [-0.1, -0.05) is 24.3 Å². The summed E-state index contributed by atoms with van der Waals surface area (Å²) in [5.74, 6) is 1.25. The number of para-hydroxylation sites is 1. The molecule has 4 aromatic rings. The Labute approximate surface area is 145 Å². The van der Waals surface area contributed by atoms with E-state index in [1.807, 2.05) is 54.6 Å². The van der Waals surface area contributed by atoms with Crippen LogP contribution in [0.3, 0.4) is 0 Å². The Hall–Kier alpha value is -3.47. The Morgan fingerprint density at radius 2 is 1.72 bits per heavy atom. The summed E-state index contributed by atoms with van der Waals surface area (Å²) in [6.07, 6.45) is 3.26. The summed E-state index contributed by atoms with van der Waals surface area (Å²) >= 11 is 0. The summed E-state index contributed by atoms with van der Waals surface area (Å²) in [6, 6.07) is 17.8. The van der Waals surface area contributed by atoms with Gasteiger partial charge in [-0.3, -0.25) is 4.98 Å². The molecular formula is C20H16N4O. The molecule has 0 aliphatic heterocycles. The number of methoxy groups -OCH3 is 1. The largest absolute Gasteiger partial charge is 0.496 e. The monoisotopic (exact) mass is 328 g/mol. The summed E-state index contributed by atoms with van der Waals surface area (Å²) in [5, 5.41) is 0.829. The Kier molecular flexibility index (Phi) is 3.74. The van der Waals surface area contributed by atoms with Crippen molar-refractivity contribution in [3.63, 3.8) is 0 Å². The SMILES string of the molecule is COc1ccccc1-c1ncccc1-c1ccc2ncnc(N)c2c1. The fourth-order valence-corrected chi connectivity index (χ4v) is 2.94. The standard InChI is InChI=1S/C20H16N4O/c1-25-18-7-3-2-5-15(18)19-14(6-4-10-22-19)13-8-9-17-16(11-13)20(21)24-12-23-17/h2-12H,1H3,(H2,21,23,24). The molecule has 0 aliphatic carbocycles. The Morgan fingerprint density at radius 3 is 2.60 bits per heavy atom. The van der Waals surface area contributed by atoms with Crippen molar-refractivity contribution in [3.05, 3.63) is 67.1 Å². The van der Waals surface area contributed by atoms with Crippen LogP contribution in [0, 0.1) is 0 Å². The summed E-state index contributed by atoms with van der Waals surface area (Å²) in [5.41, 5.74) is 10.6. The summed E-state index contributed by atoms with van der Waals surface area (Å²) in [6.45, 7) is 0. The average Bonchev–Trinajstić information content (AvgIpc) is 2.68. The maximum absolute atomic E-state index is 6.01. The number of pyridine rings is 1. The summed E-state index contributed by atoms with van der Waals surface area (Å²) in [4.78, 5) is 12.9. The van der Waals surface area contributed by atoms with Crippen molar-refractivity contribution < 1.29 is 4.74 Å². The molecule has 4 rings (SSSR count). The third-order valence-electron chi connectivity index (χ3n) is 4.15. The van der Waals surface area contributed by atoms with Gasteiger partial charge in [0.25, 0.3) is 0 Å². The van der Waals surface area contributed by atoms with Crippen molar-refractivity contribution >= 4 is 16.7 Å². The first-order valence-corrected chi connectivity index (χ1v) is 7.87. The second kappa shape index (κ2) is 6.20. The lowest BCUT2D eigenvalue weighted by Crippen LogP contribution is -1.95. The zero-order valence-electron chi connectivity index (χ0n) is 13.7. The molecule has 25 heavy (non-hydrogen) atoms. The maximum atomic E-state index is 6.01. The maximum Gasteiger partial charge on any atom is 0.134 e. The number of ether oxygens (including phenoxy) is 1. The van der Waals surface area contributed by atoms with Gasteiger partial charge in [-0.25, -0.2) is 9.97 Å². The quantitative estimate of drug-likeness (QED) is 0.616. The van der Waals surface area contributed by atoms with Crippen LogP contribution in [0.4, 0.5) is 5.82 Å². The fraction of sp³-hybridized carbons (Fsp3) is 0.0500.